The van der Waals surface area contributed by atoms with Gasteiger partial charge in [0.15, 0.2) is 0 Å². The van der Waals surface area contributed by atoms with Gasteiger partial charge in [-0.1, -0.05) is 12.1 Å². The van der Waals surface area contributed by atoms with Crippen LogP contribution in [0.1, 0.15) is 12.8 Å². The zero-order valence-electron chi connectivity index (χ0n) is 13.1. The first-order chi connectivity index (χ1) is 10.6. The number of fused-ring (bicyclic) bond motifs is 1. The van der Waals surface area contributed by atoms with Gasteiger partial charge >= 0.3 is 0 Å². The smallest absolute Gasteiger partial charge is 0.243 e. The summed E-state index contributed by atoms with van der Waals surface area (Å²) in [4.78, 5) is 4.45. The maximum Gasteiger partial charge on any atom is 0.243 e. The summed E-state index contributed by atoms with van der Waals surface area (Å²) in [6.45, 7) is 2.14. The van der Waals surface area contributed by atoms with Gasteiger partial charge in [0.2, 0.25) is 10.0 Å². The monoisotopic (exact) mass is 355 g/mol. The Kier molecular flexibility index (Phi) is 5.97. The minimum Gasteiger partial charge on any atom is -0.319 e. The molecule has 0 radical (unpaired) electrons. The van der Waals surface area contributed by atoms with Gasteiger partial charge in [-0.05, 0) is 44.5 Å². The lowest BCUT2D eigenvalue weighted by Crippen LogP contribution is -2.40. The van der Waals surface area contributed by atoms with Crippen molar-refractivity contribution in [1.82, 2.24) is 14.6 Å². The van der Waals surface area contributed by atoms with E-state index in [-0.39, 0.29) is 12.4 Å². The highest BCUT2D eigenvalue weighted by Crippen LogP contribution is 2.28. The number of aromatic nitrogens is 1. The summed E-state index contributed by atoms with van der Waals surface area (Å²) >= 11 is 0. The predicted molar refractivity (Wildman–Crippen MR) is 94.4 cm³/mol. The van der Waals surface area contributed by atoms with Crippen LogP contribution in [0.25, 0.3) is 10.8 Å². The minimum atomic E-state index is -3.44. The van der Waals surface area contributed by atoms with Crippen LogP contribution in [0.3, 0.4) is 0 Å². The number of piperidine rings is 1. The molecule has 1 aliphatic heterocycles. The zero-order chi connectivity index (χ0) is 15.6. The van der Waals surface area contributed by atoms with Crippen molar-refractivity contribution in [2.45, 2.75) is 17.7 Å². The van der Waals surface area contributed by atoms with E-state index in [0.717, 1.165) is 30.2 Å². The van der Waals surface area contributed by atoms with Crippen molar-refractivity contribution in [2.75, 3.05) is 26.7 Å². The number of sulfonamides is 1. The van der Waals surface area contributed by atoms with E-state index in [1.165, 1.54) is 0 Å². The van der Waals surface area contributed by atoms with Crippen LogP contribution in [0, 0.1) is 5.92 Å². The quantitative estimate of drug-likeness (QED) is 0.913. The van der Waals surface area contributed by atoms with Crippen LogP contribution in [0.5, 0.6) is 0 Å². The molecule has 0 spiro atoms. The van der Waals surface area contributed by atoms with Gasteiger partial charge in [-0.2, -0.15) is 4.31 Å². The van der Waals surface area contributed by atoms with Crippen LogP contribution in [0.2, 0.25) is 0 Å². The second kappa shape index (κ2) is 7.57. The van der Waals surface area contributed by atoms with E-state index in [2.05, 4.69) is 10.3 Å². The van der Waals surface area contributed by atoms with Crippen LogP contribution in [-0.2, 0) is 10.0 Å². The Bertz CT molecular complexity index is 754. The third kappa shape index (κ3) is 3.66. The molecule has 2 heterocycles. The molecule has 1 fully saturated rings. The largest absolute Gasteiger partial charge is 0.319 e. The first kappa shape index (κ1) is 18.1. The molecule has 0 unspecified atom stereocenters. The highest BCUT2D eigenvalue weighted by molar-refractivity contribution is 7.89. The lowest BCUT2D eigenvalue weighted by molar-refractivity contribution is 0.271. The number of nitrogens with zero attached hydrogens (tertiary/aromatic N) is 2. The van der Waals surface area contributed by atoms with Crippen molar-refractivity contribution < 1.29 is 8.42 Å². The number of rotatable bonds is 4. The Labute approximate surface area is 143 Å². The number of nitrogens with one attached hydrogen (secondary N) is 1. The molecule has 7 heteroatoms. The molecule has 0 bridgehead atoms. The van der Waals surface area contributed by atoms with Gasteiger partial charge in [0.05, 0.1) is 4.90 Å². The van der Waals surface area contributed by atoms with Crippen LogP contribution >= 0.6 is 12.4 Å². The summed E-state index contributed by atoms with van der Waals surface area (Å²) in [5, 5.41) is 4.77. The van der Waals surface area contributed by atoms with Crippen LogP contribution in [0.4, 0.5) is 0 Å². The normalized spacial score (nSPS) is 17.1. The van der Waals surface area contributed by atoms with Gasteiger partial charge < -0.3 is 5.32 Å². The summed E-state index contributed by atoms with van der Waals surface area (Å²) in [7, 11) is -1.50. The molecule has 0 aliphatic carbocycles. The standard InChI is InChI=1S/C16H21N3O2S.ClH/c1-17-11-13-6-9-19(10-7-13)22(20,21)16-4-2-3-14-12-18-8-5-15(14)16;/h2-5,8,12-13,17H,6-7,9-11H2,1H3;1H. The average molecular weight is 356 g/mol. The maximum atomic E-state index is 13.0. The molecular formula is C16H22ClN3O2S. The Morgan fingerprint density at radius 1 is 1.26 bits per heavy atom. The first-order valence-corrected chi connectivity index (χ1v) is 9.04. The number of halogens is 1. The number of hydrogen-bond acceptors (Lipinski definition) is 4. The number of pyridine rings is 1. The second-order valence-corrected chi connectivity index (χ2v) is 7.66. The van der Waals surface area contributed by atoms with Crippen molar-refractivity contribution >= 4 is 33.2 Å². The Hall–Kier alpha value is -1.21. The molecule has 0 atom stereocenters. The molecule has 1 aromatic carbocycles. The highest BCUT2D eigenvalue weighted by Gasteiger charge is 2.30. The topological polar surface area (TPSA) is 62.3 Å². The Balaban J connectivity index is 0.00000192. The molecular weight excluding hydrogens is 334 g/mol. The number of benzene rings is 1. The third-order valence-electron chi connectivity index (χ3n) is 4.32. The zero-order valence-corrected chi connectivity index (χ0v) is 14.7. The molecule has 1 saturated heterocycles. The molecule has 3 rings (SSSR count). The summed E-state index contributed by atoms with van der Waals surface area (Å²) in [6, 6.07) is 7.14. The van der Waals surface area contributed by atoms with E-state index in [1.54, 1.807) is 34.9 Å². The van der Waals surface area contributed by atoms with E-state index in [0.29, 0.717) is 23.9 Å². The van der Waals surface area contributed by atoms with Crippen molar-refractivity contribution in [3.8, 4) is 0 Å². The Morgan fingerprint density at radius 2 is 2.00 bits per heavy atom. The van der Waals surface area contributed by atoms with Gasteiger partial charge in [-0.25, -0.2) is 8.42 Å². The van der Waals surface area contributed by atoms with Crippen molar-refractivity contribution in [3.05, 3.63) is 36.7 Å². The second-order valence-electron chi connectivity index (χ2n) is 5.76. The number of hydrogen-bond donors (Lipinski definition) is 1. The molecule has 5 nitrogen and oxygen atoms in total. The first-order valence-electron chi connectivity index (χ1n) is 7.60. The lowest BCUT2D eigenvalue weighted by Gasteiger charge is -2.31. The SMILES string of the molecule is CNCC1CCN(S(=O)(=O)c2cccc3cnccc23)CC1.Cl. The molecule has 0 amide bonds. The fraction of sp³-hybridized carbons (Fsp3) is 0.438. The molecule has 0 saturated carbocycles. The van der Waals surface area contributed by atoms with Crippen LogP contribution in [0.15, 0.2) is 41.6 Å². The molecule has 126 valence electrons. The van der Waals surface area contributed by atoms with Gasteiger partial charge in [-0.15, -0.1) is 12.4 Å². The van der Waals surface area contributed by atoms with Crippen LogP contribution in [-0.4, -0.2) is 44.4 Å². The van der Waals surface area contributed by atoms with Gasteiger partial charge in [-0.3, -0.25) is 4.98 Å². The van der Waals surface area contributed by atoms with Gasteiger partial charge in [0.25, 0.3) is 0 Å². The summed E-state index contributed by atoms with van der Waals surface area (Å²) in [5.41, 5.74) is 0. The molecule has 23 heavy (non-hydrogen) atoms. The molecule has 1 N–H and O–H groups in total. The summed E-state index contributed by atoms with van der Waals surface area (Å²) in [6.07, 6.45) is 5.16. The van der Waals surface area contributed by atoms with Crippen molar-refractivity contribution in [2.24, 2.45) is 5.92 Å². The third-order valence-corrected chi connectivity index (χ3v) is 6.28. The summed E-state index contributed by atoms with van der Waals surface area (Å²) < 4.78 is 27.5. The summed E-state index contributed by atoms with van der Waals surface area (Å²) in [5.74, 6) is 0.563. The van der Waals surface area contributed by atoms with E-state index in [4.69, 9.17) is 0 Å². The Morgan fingerprint density at radius 3 is 2.70 bits per heavy atom. The highest BCUT2D eigenvalue weighted by atomic mass is 35.5. The lowest BCUT2D eigenvalue weighted by atomic mass is 9.98. The predicted octanol–water partition coefficient (Wildman–Crippen LogP) is 2.28. The van der Waals surface area contributed by atoms with Crippen molar-refractivity contribution in [1.29, 1.82) is 0 Å². The average Bonchev–Trinajstić information content (AvgIpc) is 2.55. The fourth-order valence-corrected chi connectivity index (χ4v) is 4.78. The van der Waals surface area contributed by atoms with E-state index in [1.807, 2.05) is 13.1 Å². The van der Waals surface area contributed by atoms with Gasteiger partial charge in [0.1, 0.15) is 0 Å². The van der Waals surface area contributed by atoms with Crippen molar-refractivity contribution in [3.63, 3.8) is 0 Å². The van der Waals surface area contributed by atoms with E-state index in [9.17, 15) is 8.42 Å². The van der Waals surface area contributed by atoms with E-state index < -0.39 is 10.0 Å². The van der Waals surface area contributed by atoms with Crippen LogP contribution < -0.4 is 5.32 Å². The minimum absolute atomic E-state index is 0. The van der Waals surface area contributed by atoms with E-state index >= 15 is 0 Å². The van der Waals surface area contributed by atoms with Gasteiger partial charge in [0, 0.05) is 36.3 Å². The molecule has 1 aliphatic rings. The maximum absolute atomic E-state index is 13.0. The molecule has 2 aromatic rings. The molecule has 1 aromatic heterocycles. The fourth-order valence-electron chi connectivity index (χ4n) is 3.10.